The van der Waals surface area contributed by atoms with Crippen molar-refractivity contribution in [2.75, 3.05) is 13.5 Å². The van der Waals surface area contributed by atoms with E-state index in [0.717, 1.165) is 16.7 Å². The molecule has 0 saturated carbocycles. The molecule has 3 aliphatic heterocycles. The molecule has 0 unspecified atom stereocenters. The summed E-state index contributed by atoms with van der Waals surface area (Å²) in [4.78, 5) is 15.1. The summed E-state index contributed by atoms with van der Waals surface area (Å²) in [5.74, 6) is 2.68. The fourth-order valence-electron chi connectivity index (χ4n) is 4.15. The van der Waals surface area contributed by atoms with Gasteiger partial charge in [0.2, 0.25) is 12.6 Å². The van der Waals surface area contributed by atoms with Gasteiger partial charge in [0, 0.05) is 23.1 Å². The first-order valence-corrected chi connectivity index (χ1v) is 11.1. The van der Waals surface area contributed by atoms with Gasteiger partial charge in [-0.3, -0.25) is 9.69 Å². The lowest BCUT2D eigenvalue weighted by molar-refractivity contribution is 0.0873. The Balaban J connectivity index is 1.27. The van der Waals surface area contributed by atoms with Gasteiger partial charge in [-0.2, -0.15) is 0 Å². The van der Waals surface area contributed by atoms with Crippen LogP contribution in [-0.4, -0.2) is 24.2 Å². The van der Waals surface area contributed by atoms with Crippen LogP contribution in [0.25, 0.3) is 6.08 Å². The smallest absolute Gasteiger partial charge is 0.231 e. The molecule has 3 aliphatic rings. The number of fused-ring (bicyclic) bond motifs is 4. The number of allylic oxidation sites excluding steroid dienone is 1. The van der Waals surface area contributed by atoms with Crippen molar-refractivity contribution in [1.82, 2.24) is 4.90 Å². The molecule has 0 atom stereocenters. The topological polar surface area (TPSA) is 57.2 Å². The summed E-state index contributed by atoms with van der Waals surface area (Å²) < 4.78 is 22.8. The van der Waals surface area contributed by atoms with Gasteiger partial charge in [0.1, 0.15) is 18.2 Å². The van der Waals surface area contributed by atoms with E-state index in [1.165, 1.54) is 0 Å². The van der Waals surface area contributed by atoms with E-state index in [0.29, 0.717) is 58.4 Å². The van der Waals surface area contributed by atoms with E-state index in [1.807, 2.05) is 36.4 Å². The monoisotopic (exact) mass is 481 g/mol. The molecule has 33 heavy (non-hydrogen) atoms. The van der Waals surface area contributed by atoms with Crippen LogP contribution in [0.3, 0.4) is 0 Å². The SMILES string of the molecule is O=C1/C(=C/c2ccc3c(c2)OCO3)Oc2c1ccc1c2CN(Cc2ccc(Cl)cc2Cl)CO1. The molecule has 8 heteroatoms. The highest BCUT2D eigenvalue weighted by molar-refractivity contribution is 6.35. The number of hydrogen-bond acceptors (Lipinski definition) is 6. The van der Waals surface area contributed by atoms with Crippen molar-refractivity contribution in [3.63, 3.8) is 0 Å². The number of carbonyl (C=O) groups excluding carboxylic acids is 1. The number of hydrogen-bond donors (Lipinski definition) is 0. The molecule has 166 valence electrons. The van der Waals surface area contributed by atoms with Gasteiger partial charge in [0.25, 0.3) is 0 Å². The van der Waals surface area contributed by atoms with Crippen LogP contribution in [0.1, 0.15) is 27.0 Å². The Morgan fingerprint density at radius 2 is 1.79 bits per heavy atom. The first-order valence-electron chi connectivity index (χ1n) is 10.3. The van der Waals surface area contributed by atoms with Crippen molar-refractivity contribution < 1.29 is 23.7 Å². The number of Topliss-reactive ketones (excluding diaryl/α,β-unsaturated/α-hetero) is 1. The molecule has 0 radical (unpaired) electrons. The van der Waals surface area contributed by atoms with Gasteiger partial charge in [0.15, 0.2) is 17.3 Å². The van der Waals surface area contributed by atoms with E-state index < -0.39 is 0 Å². The minimum atomic E-state index is -0.164. The molecular formula is C25H17Cl2NO5. The predicted octanol–water partition coefficient (Wildman–Crippen LogP) is 5.69. The van der Waals surface area contributed by atoms with Crippen LogP contribution in [0.5, 0.6) is 23.0 Å². The van der Waals surface area contributed by atoms with E-state index in [9.17, 15) is 4.79 Å². The van der Waals surface area contributed by atoms with Crippen molar-refractivity contribution in [1.29, 1.82) is 0 Å². The zero-order chi connectivity index (χ0) is 22.5. The molecule has 0 amide bonds. The normalized spacial score (nSPS) is 17.5. The number of ketones is 1. The van der Waals surface area contributed by atoms with E-state index in [-0.39, 0.29) is 18.3 Å². The lowest BCUT2D eigenvalue weighted by Gasteiger charge is -2.30. The van der Waals surface area contributed by atoms with Gasteiger partial charge in [-0.25, -0.2) is 0 Å². The first kappa shape index (κ1) is 20.4. The highest BCUT2D eigenvalue weighted by atomic mass is 35.5. The lowest BCUT2D eigenvalue weighted by Crippen LogP contribution is -2.31. The van der Waals surface area contributed by atoms with Crippen molar-refractivity contribution in [3.8, 4) is 23.0 Å². The number of carbonyl (C=O) groups is 1. The molecule has 0 spiro atoms. The molecule has 3 heterocycles. The molecule has 3 aromatic carbocycles. The largest absolute Gasteiger partial charge is 0.478 e. The molecule has 6 rings (SSSR count). The van der Waals surface area contributed by atoms with Gasteiger partial charge >= 0.3 is 0 Å². The second kappa shape index (κ2) is 7.99. The third-order valence-corrected chi connectivity index (χ3v) is 6.37. The fourth-order valence-corrected chi connectivity index (χ4v) is 4.62. The zero-order valence-electron chi connectivity index (χ0n) is 17.3. The quantitative estimate of drug-likeness (QED) is 0.447. The van der Waals surface area contributed by atoms with Crippen LogP contribution in [0, 0.1) is 0 Å². The third kappa shape index (κ3) is 3.70. The second-order valence-electron chi connectivity index (χ2n) is 7.97. The summed E-state index contributed by atoms with van der Waals surface area (Å²) >= 11 is 12.4. The number of rotatable bonds is 3. The average Bonchev–Trinajstić information content (AvgIpc) is 3.40. The van der Waals surface area contributed by atoms with Gasteiger partial charge < -0.3 is 18.9 Å². The summed E-state index contributed by atoms with van der Waals surface area (Å²) in [6, 6.07) is 14.5. The van der Waals surface area contributed by atoms with Crippen molar-refractivity contribution in [3.05, 3.63) is 86.6 Å². The van der Waals surface area contributed by atoms with Crippen molar-refractivity contribution in [2.24, 2.45) is 0 Å². The van der Waals surface area contributed by atoms with Crippen molar-refractivity contribution in [2.45, 2.75) is 13.1 Å². The molecule has 0 N–H and O–H groups in total. The Hall–Kier alpha value is -3.19. The Bertz CT molecular complexity index is 1340. The maximum atomic E-state index is 13.0. The minimum absolute atomic E-state index is 0.164. The van der Waals surface area contributed by atoms with Crippen LogP contribution in [0.4, 0.5) is 0 Å². The highest BCUT2D eigenvalue weighted by Gasteiger charge is 2.33. The van der Waals surface area contributed by atoms with Crippen LogP contribution in [0.2, 0.25) is 10.0 Å². The maximum absolute atomic E-state index is 13.0. The predicted molar refractivity (Wildman–Crippen MR) is 123 cm³/mol. The molecule has 0 aliphatic carbocycles. The van der Waals surface area contributed by atoms with Gasteiger partial charge in [-0.1, -0.05) is 35.3 Å². The van der Waals surface area contributed by atoms with Gasteiger partial charge in [0.05, 0.1) is 11.1 Å². The molecule has 0 saturated heterocycles. The number of benzene rings is 3. The average molecular weight is 482 g/mol. The highest BCUT2D eigenvalue weighted by Crippen LogP contribution is 2.43. The summed E-state index contributed by atoms with van der Waals surface area (Å²) in [5, 5.41) is 1.20. The van der Waals surface area contributed by atoms with E-state index in [1.54, 1.807) is 18.2 Å². The van der Waals surface area contributed by atoms with E-state index in [4.69, 9.17) is 42.1 Å². The molecular weight excluding hydrogens is 465 g/mol. The van der Waals surface area contributed by atoms with Gasteiger partial charge in [-0.15, -0.1) is 0 Å². The fraction of sp³-hybridized carbons (Fsp3) is 0.160. The van der Waals surface area contributed by atoms with Crippen LogP contribution >= 0.6 is 23.2 Å². The summed E-state index contributed by atoms with van der Waals surface area (Å²) in [7, 11) is 0. The Labute approximate surface area is 199 Å². The van der Waals surface area contributed by atoms with Gasteiger partial charge in [-0.05, 0) is 53.6 Å². The molecule has 3 aromatic rings. The summed E-state index contributed by atoms with van der Waals surface area (Å²) in [6.45, 7) is 1.73. The lowest BCUT2D eigenvalue weighted by atomic mass is 10.0. The van der Waals surface area contributed by atoms with E-state index in [2.05, 4.69) is 4.90 Å². The van der Waals surface area contributed by atoms with Crippen LogP contribution < -0.4 is 18.9 Å². The van der Waals surface area contributed by atoms with Crippen LogP contribution in [0.15, 0.2) is 54.3 Å². The third-order valence-electron chi connectivity index (χ3n) is 5.79. The molecule has 0 aromatic heterocycles. The molecule has 0 fully saturated rings. The Kier molecular flexibility index (Phi) is 4.94. The minimum Gasteiger partial charge on any atom is -0.478 e. The van der Waals surface area contributed by atoms with Crippen LogP contribution in [-0.2, 0) is 13.1 Å². The Morgan fingerprint density at radius 3 is 2.67 bits per heavy atom. The van der Waals surface area contributed by atoms with Crippen molar-refractivity contribution >= 4 is 35.1 Å². The second-order valence-corrected chi connectivity index (χ2v) is 8.81. The summed E-state index contributed by atoms with van der Waals surface area (Å²) in [5.41, 5.74) is 3.10. The number of ether oxygens (including phenoxy) is 4. The maximum Gasteiger partial charge on any atom is 0.231 e. The van der Waals surface area contributed by atoms with E-state index >= 15 is 0 Å². The first-order chi connectivity index (χ1) is 16.0. The number of nitrogens with zero attached hydrogens (tertiary/aromatic N) is 1. The number of halogens is 2. The Morgan fingerprint density at radius 1 is 0.939 bits per heavy atom. The molecule has 0 bridgehead atoms. The zero-order valence-corrected chi connectivity index (χ0v) is 18.8. The standard InChI is InChI=1S/C25H17Cl2NO5/c26-16-3-2-15(19(27)9-16)10-28-11-18-20(30-12-28)6-4-17-24(29)23(33-25(17)18)8-14-1-5-21-22(7-14)32-13-31-21/h1-9H,10-13H2/b23-8-. The summed E-state index contributed by atoms with van der Waals surface area (Å²) in [6.07, 6.45) is 1.71. The molecule has 6 nitrogen and oxygen atoms in total.